The Labute approximate surface area is 114 Å². The molecule has 1 amide bonds. The van der Waals surface area contributed by atoms with Gasteiger partial charge in [0, 0.05) is 32.8 Å². The van der Waals surface area contributed by atoms with Crippen molar-refractivity contribution in [2.75, 3.05) is 38.3 Å². The largest absolute Gasteiger partial charge is 0.397 e. The summed E-state index contributed by atoms with van der Waals surface area (Å²) in [5.41, 5.74) is 7.90. The van der Waals surface area contributed by atoms with Gasteiger partial charge in [-0.2, -0.15) is 0 Å². The second-order valence-electron chi connectivity index (χ2n) is 5.00. The molecule has 0 aliphatic carbocycles. The summed E-state index contributed by atoms with van der Waals surface area (Å²) in [6, 6.07) is 5.26. The van der Waals surface area contributed by atoms with Gasteiger partial charge in [-0.25, -0.2) is 0 Å². The maximum Gasteiger partial charge on any atom is 0.253 e. The summed E-state index contributed by atoms with van der Waals surface area (Å²) in [7, 11) is 3.42. The van der Waals surface area contributed by atoms with Gasteiger partial charge in [-0.15, -0.1) is 0 Å². The van der Waals surface area contributed by atoms with E-state index in [-0.39, 0.29) is 12.5 Å². The van der Waals surface area contributed by atoms with Crippen molar-refractivity contribution in [3.05, 3.63) is 23.8 Å². The number of carbonyl (C=O) groups is 1. The highest BCUT2D eigenvalue weighted by molar-refractivity contribution is 5.95. The first-order valence-corrected chi connectivity index (χ1v) is 6.41. The van der Waals surface area contributed by atoms with Crippen LogP contribution in [0.15, 0.2) is 18.2 Å². The molecule has 0 saturated carbocycles. The van der Waals surface area contributed by atoms with Crippen LogP contribution >= 0.6 is 0 Å². The molecule has 0 bridgehead atoms. The summed E-state index contributed by atoms with van der Waals surface area (Å²) in [6.45, 7) is 2.99. The molecule has 0 heterocycles. The van der Waals surface area contributed by atoms with Crippen molar-refractivity contribution in [1.82, 2.24) is 4.90 Å². The second-order valence-corrected chi connectivity index (χ2v) is 5.00. The van der Waals surface area contributed by atoms with Crippen LogP contribution in [0.1, 0.15) is 23.7 Å². The molecule has 5 heteroatoms. The Balaban J connectivity index is 2.70. The number of anilines is 2. The molecule has 1 aromatic carbocycles. The van der Waals surface area contributed by atoms with Crippen molar-refractivity contribution < 1.29 is 9.90 Å². The predicted molar refractivity (Wildman–Crippen MR) is 78.2 cm³/mol. The molecule has 0 radical (unpaired) electrons. The van der Waals surface area contributed by atoms with Crippen molar-refractivity contribution >= 4 is 17.3 Å². The van der Waals surface area contributed by atoms with Gasteiger partial charge in [-0.1, -0.05) is 6.92 Å². The number of nitrogens with zero attached hydrogens (tertiary/aromatic N) is 1. The lowest BCUT2D eigenvalue weighted by atomic mass is 10.1. The number of amides is 1. The van der Waals surface area contributed by atoms with Crippen molar-refractivity contribution in [3.8, 4) is 0 Å². The van der Waals surface area contributed by atoms with Crippen molar-refractivity contribution in [2.45, 2.75) is 13.3 Å². The van der Waals surface area contributed by atoms with Crippen LogP contribution in [-0.2, 0) is 0 Å². The molecule has 0 aliphatic heterocycles. The smallest absolute Gasteiger partial charge is 0.253 e. The molecule has 106 valence electrons. The Morgan fingerprint density at radius 1 is 1.47 bits per heavy atom. The number of aliphatic hydroxyl groups is 1. The Kier molecular flexibility index (Phi) is 5.63. The zero-order chi connectivity index (χ0) is 14.4. The molecule has 1 rings (SSSR count). The third-order valence-electron chi connectivity index (χ3n) is 2.97. The number of nitrogen functional groups attached to an aromatic ring is 1. The number of hydrogen-bond donors (Lipinski definition) is 3. The first kappa shape index (κ1) is 15.3. The van der Waals surface area contributed by atoms with Crippen LogP contribution in [0, 0.1) is 5.92 Å². The lowest BCUT2D eigenvalue weighted by Gasteiger charge is -2.15. The van der Waals surface area contributed by atoms with Gasteiger partial charge >= 0.3 is 0 Å². The summed E-state index contributed by atoms with van der Waals surface area (Å²) in [5.74, 6) is 0.305. The van der Waals surface area contributed by atoms with Crippen molar-refractivity contribution in [2.24, 2.45) is 5.92 Å². The number of hydrogen-bond acceptors (Lipinski definition) is 4. The Morgan fingerprint density at radius 2 is 2.16 bits per heavy atom. The quantitative estimate of drug-likeness (QED) is 0.679. The average Bonchev–Trinajstić information content (AvgIpc) is 2.36. The number of aliphatic hydroxyl groups excluding tert-OH is 1. The topological polar surface area (TPSA) is 78.6 Å². The highest BCUT2D eigenvalue weighted by Gasteiger charge is 2.10. The highest BCUT2D eigenvalue weighted by Crippen LogP contribution is 2.21. The highest BCUT2D eigenvalue weighted by atomic mass is 16.3. The predicted octanol–water partition coefficient (Wildman–Crippen LogP) is 1.40. The molecule has 0 aliphatic rings. The summed E-state index contributed by atoms with van der Waals surface area (Å²) >= 11 is 0. The number of nitrogens with one attached hydrogen (secondary N) is 1. The van der Waals surface area contributed by atoms with E-state index in [2.05, 4.69) is 12.2 Å². The molecule has 1 unspecified atom stereocenters. The van der Waals surface area contributed by atoms with Crippen molar-refractivity contribution in [3.63, 3.8) is 0 Å². The second kappa shape index (κ2) is 6.99. The fourth-order valence-corrected chi connectivity index (χ4v) is 1.72. The van der Waals surface area contributed by atoms with Gasteiger partial charge < -0.3 is 21.1 Å². The number of rotatable bonds is 6. The summed E-state index contributed by atoms with van der Waals surface area (Å²) in [5, 5.41) is 12.1. The van der Waals surface area contributed by atoms with Gasteiger partial charge in [0.2, 0.25) is 0 Å². The Bertz CT molecular complexity index is 433. The number of benzene rings is 1. The lowest BCUT2D eigenvalue weighted by molar-refractivity contribution is 0.0827. The van der Waals surface area contributed by atoms with Crippen LogP contribution in [0.3, 0.4) is 0 Å². The van der Waals surface area contributed by atoms with E-state index < -0.39 is 0 Å². The summed E-state index contributed by atoms with van der Waals surface area (Å²) in [4.78, 5) is 13.3. The maximum atomic E-state index is 11.8. The van der Waals surface area contributed by atoms with Crippen LogP contribution in [0.25, 0.3) is 0 Å². The molecule has 4 N–H and O–H groups in total. The molecule has 1 aromatic rings. The Hall–Kier alpha value is -1.75. The standard InChI is InChI=1S/C14H23N3O2/c1-10(6-7-18)9-16-13-5-4-11(8-12(13)15)14(19)17(2)3/h4-5,8,10,16,18H,6-7,9,15H2,1-3H3. The number of carbonyl (C=O) groups excluding carboxylic acids is 1. The van der Waals surface area contributed by atoms with Gasteiger partial charge in [-0.05, 0) is 30.5 Å². The van der Waals surface area contributed by atoms with Crippen LogP contribution in [0.4, 0.5) is 11.4 Å². The van der Waals surface area contributed by atoms with E-state index in [1.807, 2.05) is 6.07 Å². The monoisotopic (exact) mass is 265 g/mol. The fraction of sp³-hybridized carbons (Fsp3) is 0.500. The van der Waals surface area contributed by atoms with Gasteiger partial charge in [0.15, 0.2) is 0 Å². The first-order chi connectivity index (χ1) is 8.95. The minimum Gasteiger partial charge on any atom is -0.397 e. The summed E-state index contributed by atoms with van der Waals surface area (Å²) < 4.78 is 0. The molecule has 0 fully saturated rings. The third kappa shape index (κ3) is 4.44. The molecular formula is C14H23N3O2. The van der Waals surface area contributed by atoms with Crippen LogP contribution in [0.2, 0.25) is 0 Å². The van der Waals surface area contributed by atoms with E-state index in [0.717, 1.165) is 18.7 Å². The third-order valence-corrected chi connectivity index (χ3v) is 2.97. The molecule has 5 nitrogen and oxygen atoms in total. The van der Waals surface area contributed by atoms with E-state index in [0.29, 0.717) is 17.2 Å². The van der Waals surface area contributed by atoms with E-state index in [4.69, 9.17) is 10.8 Å². The molecule has 1 atom stereocenters. The Morgan fingerprint density at radius 3 is 2.68 bits per heavy atom. The van der Waals surface area contributed by atoms with Crippen LogP contribution in [-0.4, -0.2) is 43.2 Å². The fourth-order valence-electron chi connectivity index (χ4n) is 1.72. The van der Waals surface area contributed by atoms with E-state index >= 15 is 0 Å². The molecular weight excluding hydrogens is 242 g/mol. The number of nitrogens with two attached hydrogens (primary N) is 1. The molecule has 0 saturated heterocycles. The van der Waals surface area contributed by atoms with Crippen LogP contribution in [0.5, 0.6) is 0 Å². The maximum absolute atomic E-state index is 11.8. The first-order valence-electron chi connectivity index (χ1n) is 6.41. The van der Waals surface area contributed by atoms with Crippen LogP contribution < -0.4 is 11.1 Å². The van der Waals surface area contributed by atoms with Crippen molar-refractivity contribution in [1.29, 1.82) is 0 Å². The molecule has 19 heavy (non-hydrogen) atoms. The lowest BCUT2D eigenvalue weighted by Crippen LogP contribution is -2.22. The molecule has 0 spiro atoms. The zero-order valence-electron chi connectivity index (χ0n) is 11.8. The van der Waals surface area contributed by atoms with E-state index in [1.54, 1.807) is 26.2 Å². The average molecular weight is 265 g/mol. The van der Waals surface area contributed by atoms with Gasteiger partial charge in [0.1, 0.15) is 0 Å². The summed E-state index contributed by atoms with van der Waals surface area (Å²) in [6.07, 6.45) is 0.754. The van der Waals surface area contributed by atoms with E-state index in [1.165, 1.54) is 4.90 Å². The van der Waals surface area contributed by atoms with Gasteiger partial charge in [0.05, 0.1) is 11.4 Å². The SMILES string of the molecule is CC(CCO)CNc1ccc(C(=O)N(C)C)cc1N. The van der Waals surface area contributed by atoms with Gasteiger partial charge in [-0.3, -0.25) is 4.79 Å². The zero-order valence-corrected chi connectivity index (χ0v) is 11.8. The minimum absolute atomic E-state index is 0.0631. The minimum atomic E-state index is -0.0631. The van der Waals surface area contributed by atoms with E-state index in [9.17, 15) is 4.79 Å². The molecule has 0 aromatic heterocycles. The normalized spacial score (nSPS) is 12.0. The van der Waals surface area contributed by atoms with Gasteiger partial charge in [0.25, 0.3) is 5.91 Å².